The van der Waals surface area contributed by atoms with Crippen molar-refractivity contribution in [1.82, 2.24) is 0 Å². The maximum Gasteiger partial charge on any atom is 0.434 e. The van der Waals surface area contributed by atoms with Gasteiger partial charge in [-0.2, -0.15) is 26.3 Å². The van der Waals surface area contributed by atoms with E-state index in [9.17, 15) is 31.1 Å². The van der Waals surface area contributed by atoms with E-state index in [4.69, 9.17) is 4.43 Å². The molecule has 164 valence electrons. The van der Waals surface area contributed by atoms with Crippen LogP contribution in [0.1, 0.15) is 53.4 Å². The summed E-state index contributed by atoms with van der Waals surface area (Å²) in [5, 5.41) is -0.226. The monoisotopic (exact) mass is 434 g/mol. The number of hydrogen-bond acceptors (Lipinski definition) is 3. The molecule has 0 radical (unpaired) electrons. The molecule has 0 aliphatic heterocycles. The minimum Gasteiger partial charge on any atom is -0.442 e. The second kappa shape index (κ2) is 6.62. The summed E-state index contributed by atoms with van der Waals surface area (Å²) in [5.74, 6) is -2.60. The molecule has 3 nitrogen and oxygen atoms in total. The van der Waals surface area contributed by atoms with Crippen LogP contribution in [0.25, 0.3) is 0 Å². The molecule has 2 rings (SSSR count). The van der Waals surface area contributed by atoms with Crippen molar-refractivity contribution in [1.29, 1.82) is 0 Å². The highest BCUT2D eigenvalue weighted by atomic mass is 28.4. The fraction of sp³-hybridized carbons (Fsp3) is 0.944. The number of carbonyl (C=O) groups is 1. The van der Waals surface area contributed by atoms with Crippen LogP contribution in [0.3, 0.4) is 0 Å². The summed E-state index contributed by atoms with van der Waals surface area (Å²) in [6, 6.07) is 0. The maximum absolute atomic E-state index is 12.8. The molecule has 0 bridgehead atoms. The summed E-state index contributed by atoms with van der Waals surface area (Å²) in [6.07, 6.45) is -13.5. The Balaban J connectivity index is 2.31. The van der Waals surface area contributed by atoms with Gasteiger partial charge in [0.25, 0.3) is 6.10 Å². The van der Waals surface area contributed by atoms with E-state index in [0.29, 0.717) is 19.3 Å². The Kier molecular flexibility index (Phi) is 5.55. The largest absolute Gasteiger partial charge is 0.442 e. The smallest absolute Gasteiger partial charge is 0.434 e. The van der Waals surface area contributed by atoms with E-state index < -0.39 is 49.7 Å². The van der Waals surface area contributed by atoms with Crippen LogP contribution in [0.2, 0.25) is 18.1 Å². The third kappa shape index (κ3) is 3.82. The average Bonchev–Trinajstić information content (AvgIpc) is 2.67. The summed E-state index contributed by atoms with van der Waals surface area (Å²) >= 11 is 0. The minimum absolute atomic E-state index is 0.170. The van der Waals surface area contributed by atoms with E-state index >= 15 is 0 Å². The Morgan fingerprint density at radius 3 is 1.93 bits per heavy atom. The van der Waals surface area contributed by atoms with Crippen LogP contribution in [0.5, 0.6) is 0 Å². The molecular formula is C18H28F6O3Si. The van der Waals surface area contributed by atoms with Crippen molar-refractivity contribution in [3.05, 3.63) is 0 Å². The highest BCUT2D eigenvalue weighted by Gasteiger charge is 2.71. The average molecular weight is 434 g/mol. The lowest BCUT2D eigenvalue weighted by atomic mass is 9.53. The lowest BCUT2D eigenvalue weighted by molar-refractivity contribution is -0.318. The molecule has 0 spiro atoms. The van der Waals surface area contributed by atoms with Crippen molar-refractivity contribution in [3.8, 4) is 0 Å². The topological polar surface area (TPSA) is 35.5 Å². The number of fused-ring (bicyclic) bond motifs is 1. The van der Waals surface area contributed by atoms with Gasteiger partial charge >= 0.3 is 18.3 Å². The second-order valence-corrected chi connectivity index (χ2v) is 14.5. The Morgan fingerprint density at radius 1 is 1.04 bits per heavy atom. The van der Waals surface area contributed by atoms with Crippen molar-refractivity contribution in [2.45, 2.75) is 95.6 Å². The summed E-state index contributed by atoms with van der Waals surface area (Å²) in [7, 11) is -2.43. The SMILES string of the molecule is CC(C)(C)[Si](C)(C)O[C@]12CCC[C@@]1(C)C[C@@H]2C(=O)OC(C(F)(F)F)C(F)(F)F. The van der Waals surface area contributed by atoms with Gasteiger partial charge in [-0.1, -0.05) is 27.7 Å². The molecule has 0 amide bonds. The van der Waals surface area contributed by atoms with Gasteiger partial charge in [-0.05, 0) is 49.2 Å². The zero-order chi connectivity index (χ0) is 22.0. The first kappa shape index (κ1) is 23.5. The van der Waals surface area contributed by atoms with Crippen molar-refractivity contribution >= 4 is 14.3 Å². The molecule has 2 fully saturated rings. The standard InChI is InChI=1S/C18H28F6O3Si/c1-14(2,3)28(5,6)27-16-9-7-8-15(16,4)10-11(16)12(25)26-13(17(19,20)21)18(22,23)24/h11,13H,7-10H2,1-6H3/t11-,15+,16+/m1/s1. The van der Waals surface area contributed by atoms with Crippen molar-refractivity contribution in [3.63, 3.8) is 0 Å². The van der Waals surface area contributed by atoms with Crippen LogP contribution >= 0.6 is 0 Å². The van der Waals surface area contributed by atoms with E-state index in [1.807, 2.05) is 40.8 Å². The molecule has 10 heteroatoms. The Morgan fingerprint density at radius 2 is 1.54 bits per heavy atom. The van der Waals surface area contributed by atoms with Gasteiger partial charge in [-0.25, -0.2) is 0 Å². The van der Waals surface area contributed by atoms with E-state index in [0.717, 1.165) is 0 Å². The number of hydrogen-bond donors (Lipinski definition) is 0. The lowest BCUT2D eigenvalue weighted by Crippen LogP contribution is -2.68. The quantitative estimate of drug-likeness (QED) is 0.310. The van der Waals surface area contributed by atoms with Crippen LogP contribution in [0, 0.1) is 11.3 Å². The number of rotatable bonds is 4. The first-order chi connectivity index (χ1) is 12.3. The van der Waals surface area contributed by atoms with Crippen molar-refractivity contribution in [2.24, 2.45) is 11.3 Å². The highest BCUT2D eigenvalue weighted by Crippen LogP contribution is 2.67. The second-order valence-electron chi connectivity index (χ2n) is 9.82. The zero-order valence-electron chi connectivity index (χ0n) is 17.0. The van der Waals surface area contributed by atoms with Gasteiger partial charge in [0.1, 0.15) is 0 Å². The van der Waals surface area contributed by atoms with E-state index in [-0.39, 0.29) is 11.5 Å². The Labute approximate surface area is 162 Å². The first-order valence-corrected chi connectivity index (χ1v) is 12.2. The molecule has 0 aromatic rings. The van der Waals surface area contributed by atoms with Gasteiger partial charge in [0.15, 0.2) is 8.32 Å². The normalized spacial score (nSPS) is 31.5. The van der Waals surface area contributed by atoms with Crippen LogP contribution in [-0.4, -0.2) is 38.3 Å². The molecule has 0 aromatic carbocycles. The predicted molar refractivity (Wildman–Crippen MR) is 93.1 cm³/mol. The lowest BCUT2D eigenvalue weighted by Gasteiger charge is -2.61. The number of ether oxygens (including phenoxy) is 1. The van der Waals surface area contributed by atoms with Gasteiger partial charge in [-0.3, -0.25) is 4.79 Å². The third-order valence-corrected chi connectivity index (χ3v) is 11.4. The molecule has 0 aromatic heterocycles. The highest BCUT2D eigenvalue weighted by molar-refractivity contribution is 6.74. The van der Waals surface area contributed by atoms with Crippen LogP contribution < -0.4 is 0 Å². The Hall–Kier alpha value is -0.773. The van der Waals surface area contributed by atoms with Crippen LogP contribution in [0.15, 0.2) is 0 Å². The predicted octanol–water partition coefficient (Wildman–Crippen LogP) is 5.99. The first-order valence-electron chi connectivity index (χ1n) is 9.31. The van der Waals surface area contributed by atoms with E-state index in [1.54, 1.807) is 0 Å². The fourth-order valence-corrected chi connectivity index (χ4v) is 5.96. The summed E-state index contributed by atoms with van der Waals surface area (Å²) in [6.45, 7) is 11.7. The molecule has 28 heavy (non-hydrogen) atoms. The molecule has 0 heterocycles. The van der Waals surface area contributed by atoms with E-state index in [1.165, 1.54) is 0 Å². The molecule has 0 unspecified atom stereocenters. The Bertz CT molecular complexity index is 610. The summed E-state index contributed by atoms with van der Waals surface area (Å²) < 4.78 is 87.4. The molecule has 2 aliphatic carbocycles. The van der Waals surface area contributed by atoms with Gasteiger partial charge < -0.3 is 9.16 Å². The minimum atomic E-state index is -5.72. The fourth-order valence-electron chi connectivity index (χ4n) is 4.25. The maximum atomic E-state index is 12.8. The third-order valence-electron chi connectivity index (χ3n) is 6.87. The summed E-state index contributed by atoms with van der Waals surface area (Å²) in [4.78, 5) is 12.5. The van der Waals surface area contributed by atoms with Crippen LogP contribution in [0.4, 0.5) is 26.3 Å². The summed E-state index contributed by atoms with van der Waals surface area (Å²) in [5.41, 5.74) is -1.51. The molecular weight excluding hydrogens is 406 g/mol. The van der Waals surface area contributed by atoms with Crippen LogP contribution in [-0.2, 0) is 14.0 Å². The number of alkyl halides is 6. The van der Waals surface area contributed by atoms with Gasteiger partial charge in [-0.15, -0.1) is 0 Å². The molecule has 0 saturated heterocycles. The van der Waals surface area contributed by atoms with Crippen molar-refractivity contribution < 1.29 is 40.3 Å². The number of carbonyl (C=O) groups excluding carboxylic acids is 1. The van der Waals surface area contributed by atoms with Gasteiger partial charge in [0.2, 0.25) is 0 Å². The van der Waals surface area contributed by atoms with Gasteiger partial charge in [0, 0.05) is 0 Å². The number of esters is 1. The molecule has 2 saturated carbocycles. The molecule has 2 aliphatic rings. The van der Waals surface area contributed by atoms with E-state index in [2.05, 4.69) is 4.74 Å². The molecule has 0 N–H and O–H groups in total. The van der Waals surface area contributed by atoms with Gasteiger partial charge in [0.05, 0.1) is 11.5 Å². The van der Waals surface area contributed by atoms with Crippen molar-refractivity contribution in [2.75, 3.05) is 0 Å². The zero-order valence-corrected chi connectivity index (χ0v) is 18.0. The number of halogens is 6. The molecule has 3 atom stereocenters.